The zero-order valence-corrected chi connectivity index (χ0v) is 10.8. The van der Waals surface area contributed by atoms with E-state index in [4.69, 9.17) is 4.74 Å². The number of carbonyl (C=O) groups excluding carboxylic acids is 1. The van der Waals surface area contributed by atoms with E-state index in [0.717, 1.165) is 15.7 Å². The maximum absolute atomic E-state index is 11.6. The summed E-state index contributed by atoms with van der Waals surface area (Å²) in [4.78, 5) is 11.6. The van der Waals surface area contributed by atoms with Crippen LogP contribution in [0.1, 0.15) is 21.6 Å². The van der Waals surface area contributed by atoms with E-state index in [-0.39, 0.29) is 5.97 Å². The summed E-state index contributed by atoms with van der Waals surface area (Å²) in [6.45, 7) is 0. The lowest BCUT2D eigenvalue weighted by atomic mass is 10.0. The molecule has 2 aromatic rings. The predicted molar refractivity (Wildman–Crippen MR) is 66.9 cm³/mol. The van der Waals surface area contributed by atoms with Gasteiger partial charge in [0.05, 0.1) is 18.4 Å². The minimum atomic E-state index is -0.331. The van der Waals surface area contributed by atoms with Crippen molar-refractivity contribution < 1.29 is 9.53 Å². The molecule has 0 radical (unpaired) electrons. The number of halogens is 1. The third-order valence-corrected chi connectivity index (χ3v) is 2.90. The summed E-state index contributed by atoms with van der Waals surface area (Å²) in [5, 5.41) is 6.82. The molecule has 0 amide bonds. The molecule has 0 aliphatic heterocycles. The molecule has 0 aliphatic rings. The number of benzene rings is 1. The van der Waals surface area contributed by atoms with E-state index < -0.39 is 0 Å². The third kappa shape index (κ3) is 2.74. The number of hydrogen-bond donors (Lipinski definition) is 1. The number of carbonyl (C=O) groups is 1. The molecule has 0 aliphatic carbocycles. The highest BCUT2D eigenvalue weighted by atomic mass is 79.9. The van der Waals surface area contributed by atoms with Gasteiger partial charge in [-0.05, 0) is 29.8 Å². The molecular formula is C12H11BrN2O2. The van der Waals surface area contributed by atoms with Crippen molar-refractivity contribution in [2.45, 2.75) is 6.42 Å². The lowest BCUT2D eigenvalue weighted by Crippen LogP contribution is -2.06. The van der Waals surface area contributed by atoms with E-state index in [0.29, 0.717) is 12.0 Å². The van der Waals surface area contributed by atoms with Gasteiger partial charge in [-0.2, -0.15) is 5.10 Å². The Kier molecular flexibility index (Phi) is 3.58. The van der Waals surface area contributed by atoms with Crippen LogP contribution in [0.4, 0.5) is 0 Å². The maximum atomic E-state index is 11.6. The van der Waals surface area contributed by atoms with Gasteiger partial charge in [-0.15, -0.1) is 0 Å². The van der Waals surface area contributed by atoms with Crippen LogP contribution in [0.5, 0.6) is 0 Å². The van der Waals surface area contributed by atoms with Crippen LogP contribution in [0, 0.1) is 0 Å². The highest BCUT2D eigenvalue weighted by Crippen LogP contribution is 2.19. The van der Waals surface area contributed by atoms with Crippen LogP contribution < -0.4 is 0 Å². The van der Waals surface area contributed by atoms with Gasteiger partial charge in [-0.25, -0.2) is 4.79 Å². The Morgan fingerprint density at radius 2 is 2.29 bits per heavy atom. The van der Waals surface area contributed by atoms with Crippen molar-refractivity contribution in [1.82, 2.24) is 10.2 Å². The first-order valence-corrected chi connectivity index (χ1v) is 5.85. The average molecular weight is 295 g/mol. The zero-order chi connectivity index (χ0) is 12.3. The molecule has 1 heterocycles. The summed E-state index contributed by atoms with van der Waals surface area (Å²) in [6, 6.07) is 7.35. The Hall–Kier alpha value is -1.62. The number of nitrogens with one attached hydrogen (secondary N) is 1. The van der Waals surface area contributed by atoms with Crippen LogP contribution in [0.2, 0.25) is 0 Å². The van der Waals surface area contributed by atoms with E-state index in [1.54, 1.807) is 12.3 Å². The highest BCUT2D eigenvalue weighted by molar-refractivity contribution is 9.10. The standard InChI is InChI=1S/C12H11BrN2O2/c1-17-12(16)11-3-2-9(13)6-8(11)7-10-4-5-14-15-10/h2-6H,7H2,1H3,(H,14,15). The number of hydrogen-bond acceptors (Lipinski definition) is 3. The summed E-state index contributed by atoms with van der Waals surface area (Å²) in [7, 11) is 1.38. The van der Waals surface area contributed by atoms with Crippen molar-refractivity contribution in [1.29, 1.82) is 0 Å². The molecule has 17 heavy (non-hydrogen) atoms. The van der Waals surface area contributed by atoms with Crippen molar-refractivity contribution >= 4 is 21.9 Å². The lowest BCUT2D eigenvalue weighted by Gasteiger charge is -2.07. The van der Waals surface area contributed by atoms with Gasteiger partial charge in [0, 0.05) is 17.1 Å². The number of methoxy groups -OCH3 is 1. The second-order valence-electron chi connectivity index (χ2n) is 3.54. The van der Waals surface area contributed by atoms with Crippen LogP contribution in [0.3, 0.4) is 0 Å². The number of aromatic amines is 1. The Morgan fingerprint density at radius 1 is 1.47 bits per heavy atom. The van der Waals surface area contributed by atoms with Gasteiger partial charge in [-0.1, -0.05) is 15.9 Å². The SMILES string of the molecule is COC(=O)c1ccc(Br)cc1Cc1cc[nH]n1. The fourth-order valence-corrected chi connectivity index (χ4v) is 2.01. The van der Waals surface area contributed by atoms with Crippen LogP contribution in [-0.4, -0.2) is 23.3 Å². The molecule has 0 bridgehead atoms. The summed E-state index contributed by atoms with van der Waals surface area (Å²) in [5.74, 6) is -0.331. The first kappa shape index (κ1) is 11.9. The van der Waals surface area contributed by atoms with Crippen LogP contribution >= 0.6 is 15.9 Å². The van der Waals surface area contributed by atoms with Crippen molar-refractivity contribution in [2.75, 3.05) is 7.11 Å². The second-order valence-corrected chi connectivity index (χ2v) is 4.45. The van der Waals surface area contributed by atoms with Gasteiger partial charge in [0.25, 0.3) is 0 Å². The Morgan fingerprint density at radius 3 is 2.94 bits per heavy atom. The predicted octanol–water partition coefficient (Wildman–Crippen LogP) is 2.55. The molecule has 1 N–H and O–H groups in total. The number of H-pyrrole nitrogens is 1. The summed E-state index contributed by atoms with van der Waals surface area (Å²) < 4.78 is 5.68. The van der Waals surface area contributed by atoms with Gasteiger partial charge in [0.15, 0.2) is 0 Å². The molecule has 4 nitrogen and oxygen atoms in total. The fraction of sp³-hybridized carbons (Fsp3) is 0.167. The number of esters is 1. The second kappa shape index (κ2) is 5.14. The van der Waals surface area contributed by atoms with Gasteiger partial charge >= 0.3 is 5.97 Å². The van der Waals surface area contributed by atoms with Gasteiger partial charge < -0.3 is 4.74 Å². The highest BCUT2D eigenvalue weighted by Gasteiger charge is 2.13. The smallest absolute Gasteiger partial charge is 0.338 e. The normalized spacial score (nSPS) is 10.2. The van der Waals surface area contributed by atoms with E-state index >= 15 is 0 Å². The first-order chi connectivity index (χ1) is 8.20. The summed E-state index contributed by atoms with van der Waals surface area (Å²) >= 11 is 3.39. The number of rotatable bonds is 3. The monoisotopic (exact) mass is 294 g/mol. The van der Waals surface area contributed by atoms with Crippen LogP contribution in [0.15, 0.2) is 34.9 Å². The molecular weight excluding hydrogens is 284 g/mol. The van der Waals surface area contributed by atoms with Gasteiger partial charge in [-0.3, -0.25) is 5.10 Å². The number of nitrogens with zero attached hydrogens (tertiary/aromatic N) is 1. The minimum absolute atomic E-state index is 0.331. The molecule has 0 fully saturated rings. The molecule has 0 unspecified atom stereocenters. The topological polar surface area (TPSA) is 55.0 Å². The average Bonchev–Trinajstić information content (AvgIpc) is 2.81. The zero-order valence-electron chi connectivity index (χ0n) is 9.24. The van der Waals surface area contributed by atoms with Crippen molar-refractivity contribution in [2.24, 2.45) is 0 Å². The molecule has 1 aromatic heterocycles. The molecule has 0 saturated carbocycles. The van der Waals surface area contributed by atoms with Crippen molar-refractivity contribution in [3.05, 3.63) is 51.8 Å². The number of ether oxygens (including phenoxy) is 1. The molecule has 0 atom stereocenters. The molecule has 1 aromatic carbocycles. The number of aromatic nitrogens is 2. The van der Waals surface area contributed by atoms with Crippen molar-refractivity contribution in [3.8, 4) is 0 Å². The van der Waals surface area contributed by atoms with E-state index in [9.17, 15) is 4.79 Å². The molecule has 88 valence electrons. The van der Waals surface area contributed by atoms with Crippen LogP contribution in [-0.2, 0) is 11.2 Å². The molecule has 0 saturated heterocycles. The van der Waals surface area contributed by atoms with Gasteiger partial charge in [0.2, 0.25) is 0 Å². The fourth-order valence-electron chi connectivity index (χ4n) is 1.60. The third-order valence-electron chi connectivity index (χ3n) is 2.40. The van der Waals surface area contributed by atoms with Crippen LogP contribution in [0.25, 0.3) is 0 Å². The first-order valence-electron chi connectivity index (χ1n) is 5.06. The lowest BCUT2D eigenvalue weighted by molar-refractivity contribution is 0.0599. The minimum Gasteiger partial charge on any atom is -0.465 e. The Labute approximate surface area is 107 Å². The summed E-state index contributed by atoms with van der Waals surface area (Å²) in [6.07, 6.45) is 2.35. The van der Waals surface area contributed by atoms with E-state index in [1.807, 2.05) is 18.2 Å². The van der Waals surface area contributed by atoms with Gasteiger partial charge in [0.1, 0.15) is 0 Å². The summed E-state index contributed by atoms with van der Waals surface area (Å²) in [5.41, 5.74) is 2.34. The quantitative estimate of drug-likeness (QED) is 0.885. The van der Waals surface area contributed by atoms with Crippen molar-refractivity contribution in [3.63, 3.8) is 0 Å². The molecule has 0 spiro atoms. The Balaban J connectivity index is 2.36. The molecule has 2 rings (SSSR count). The molecule has 5 heteroatoms. The Bertz CT molecular complexity index is 523. The largest absolute Gasteiger partial charge is 0.465 e. The van der Waals surface area contributed by atoms with E-state index in [1.165, 1.54) is 7.11 Å². The van der Waals surface area contributed by atoms with E-state index in [2.05, 4.69) is 26.1 Å². The maximum Gasteiger partial charge on any atom is 0.338 e.